The van der Waals surface area contributed by atoms with Crippen LogP contribution in [0, 0.1) is 0 Å². The molecule has 0 amide bonds. The Morgan fingerprint density at radius 3 is 1.12 bits per heavy atom. The van der Waals surface area contributed by atoms with Gasteiger partial charge in [-0.3, -0.25) is 9.98 Å². The van der Waals surface area contributed by atoms with Crippen molar-refractivity contribution in [2.24, 2.45) is 9.98 Å². The van der Waals surface area contributed by atoms with Crippen LogP contribution < -0.4 is 47.9 Å². The van der Waals surface area contributed by atoms with E-state index in [0.29, 0.717) is 11.1 Å². The average molecular weight is 575 g/mol. The van der Waals surface area contributed by atoms with Crippen LogP contribution in [0.25, 0.3) is 0 Å². The van der Waals surface area contributed by atoms with Crippen LogP contribution >= 0.6 is 0 Å². The van der Waals surface area contributed by atoms with Crippen LogP contribution in [0.3, 0.4) is 0 Å². The van der Waals surface area contributed by atoms with E-state index in [1.807, 2.05) is 12.1 Å². The van der Waals surface area contributed by atoms with Gasteiger partial charge in [0.05, 0.1) is 12.1 Å². The normalized spacial score (nSPS) is 18.2. The molecule has 2 aromatic rings. The van der Waals surface area contributed by atoms with E-state index in [1.54, 1.807) is 12.4 Å². The Bertz CT molecular complexity index is 1170. The molecular weight excluding hydrogens is 518 g/mol. The summed E-state index contributed by atoms with van der Waals surface area (Å²) in [6.07, 6.45) is 7.63. The summed E-state index contributed by atoms with van der Waals surface area (Å²) in [5.41, 5.74) is 4.62. The van der Waals surface area contributed by atoms with Crippen molar-refractivity contribution in [1.29, 1.82) is 0 Å². The SMILES string of the molecule is C.CC(C)(C)c1cc(C=N[C@H]2CCCC[C@@H]2N=Cc2cc(C(C)(C)C)cc(C(C)(C)C)c2[O-])c([O-])c(C(C)(C)C)c1.[Li+].[Li+]. The van der Waals surface area contributed by atoms with Gasteiger partial charge in [-0.2, -0.15) is 0 Å². The molecule has 6 heteroatoms. The molecule has 0 unspecified atom stereocenters. The van der Waals surface area contributed by atoms with E-state index in [-0.39, 0.29) is 90.4 Å². The molecule has 1 aliphatic carbocycles. The Labute approximate surface area is 288 Å². The van der Waals surface area contributed by atoms with Gasteiger partial charge >= 0.3 is 37.7 Å². The fraction of sp³-hybridized carbons (Fsp3) is 0.622. The van der Waals surface area contributed by atoms with Crippen molar-refractivity contribution in [2.75, 3.05) is 0 Å². The molecule has 3 rings (SSSR count). The maximum absolute atomic E-state index is 13.5. The number of benzene rings is 2. The maximum atomic E-state index is 13.5. The summed E-state index contributed by atoms with van der Waals surface area (Å²) in [4.78, 5) is 9.95. The second kappa shape index (κ2) is 15.2. The minimum Gasteiger partial charge on any atom is -0.872 e. The molecule has 0 aliphatic heterocycles. The third-order valence-electron chi connectivity index (χ3n) is 8.09. The van der Waals surface area contributed by atoms with Gasteiger partial charge in [0.15, 0.2) is 0 Å². The molecule has 0 spiro atoms. The number of hydrogen-bond acceptors (Lipinski definition) is 4. The predicted octanol–water partition coefficient (Wildman–Crippen LogP) is 2.52. The minimum absolute atomic E-state index is 0. The van der Waals surface area contributed by atoms with Crippen molar-refractivity contribution in [3.05, 3.63) is 57.6 Å². The molecular formula is C37H56Li2N2O2. The van der Waals surface area contributed by atoms with Crippen LogP contribution in [0.4, 0.5) is 0 Å². The molecule has 0 radical (unpaired) electrons. The van der Waals surface area contributed by atoms with Crippen LogP contribution in [0.15, 0.2) is 34.3 Å². The molecule has 2 atom stereocenters. The zero-order valence-electron chi connectivity index (χ0n) is 29.2. The average Bonchev–Trinajstić information content (AvgIpc) is 2.80. The van der Waals surface area contributed by atoms with E-state index in [2.05, 4.69) is 95.2 Å². The van der Waals surface area contributed by atoms with Gasteiger partial charge in [-0.15, -0.1) is 0 Å². The second-order valence-corrected chi connectivity index (χ2v) is 15.9. The van der Waals surface area contributed by atoms with Crippen molar-refractivity contribution in [1.82, 2.24) is 0 Å². The van der Waals surface area contributed by atoms with E-state index < -0.39 is 0 Å². The zero-order chi connectivity index (χ0) is 30.3. The molecule has 0 heterocycles. The quantitative estimate of drug-likeness (QED) is 0.416. The summed E-state index contributed by atoms with van der Waals surface area (Å²) in [6, 6.07) is 8.15. The van der Waals surface area contributed by atoms with Crippen LogP contribution in [0.2, 0.25) is 0 Å². The third kappa shape index (κ3) is 10.6. The summed E-state index contributed by atoms with van der Waals surface area (Å²) in [5, 5.41) is 26.9. The van der Waals surface area contributed by atoms with Crippen molar-refractivity contribution >= 4 is 12.4 Å². The van der Waals surface area contributed by atoms with Crippen LogP contribution in [0.1, 0.15) is 150 Å². The smallest absolute Gasteiger partial charge is 0.872 e. The van der Waals surface area contributed by atoms with E-state index in [1.165, 1.54) is 0 Å². The van der Waals surface area contributed by atoms with Gasteiger partial charge in [0.1, 0.15) is 0 Å². The minimum atomic E-state index is -0.248. The fourth-order valence-corrected chi connectivity index (χ4v) is 5.27. The van der Waals surface area contributed by atoms with Crippen molar-refractivity contribution in [2.45, 2.75) is 150 Å². The zero-order valence-corrected chi connectivity index (χ0v) is 29.2. The molecule has 0 saturated heterocycles. The number of hydrogen-bond donors (Lipinski definition) is 0. The largest absolute Gasteiger partial charge is 1.00 e. The molecule has 1 fully saturated rings. The molecule has 4 nitrogen and oxygen atoms in total. The van der Waals surface area contributed by atoms with E-state index in [0.717, 1.165) is 47.9 Å². The van der Waals surface area contributed by atoms with Crippen LogP contribution in [0.5, 0.6) is 11.5 Å². The van der Waals surface area contributed by atoms with Crippen LogP contribution in [-0.2, 0) is 21.7 Å². The third-order valence-corrected chi connectivity index (χ3v) is 8.09. The Morgan fingerprint density at radius 1 is 0.558 bits per heavy atom. The Morgan fingerprint density at radius 2 is 0.860 bits per heavy atom. The molecule has 1 aliphatic rings. The molecule has 43 heavy (non-hydrogen) atoms. The first-order chi connectivity index (χ1) is 18.2. The van der Waals surface area contributed by atoms with Crippen molar-refractivity contribution in [3.63, 3.8) is 0 Å². The first kappa shape index (κ1) is 41.6. The van der Waals surface area contributed by atoms with Gasteiger partial charge in [-0.05, 0) is 67.9 Å². The first-order valence-corrected chi connectivity index (χ1v) is 15.0. The molecule has 0 bridgehead atoms. The first-order valence-electron chi connectivity index (χ1n) is 15.0. The Hall–Kier alpha value is -1.43. The van der Waals surface area contributed by atoms with Gasteiger partial charge < -0.3 is 10.2 Å². The summed E-state index contributed by atoms with van der Waals surface area (Å²) in [7, 11) is 0. The van der Waals surface area contributed by atoms with Crippen molar-refractivity contribution < 1.29 is 47.9 Å². The Kier molecular flexibility index (Phi) is 14.7. The number of nitrogens with zero attached hydrogens (tertiary/aromatic N) is 2. The standard InChI is InChI=1S/C36H54N2O2.CH4.2Li/c1-33(2,3)25-17-23(31(39)27(19-25)35(7,8)9)21-37-29-15-13-14-16-30(29)38-22-24-18-26(34(4,5)6)20-28(32(24)40)36(10,11)12;;;/h17-22,29-30,39-40H,13-16H2,1-12H3;1H4;;/q;;2*+1/p-2/t29-,30-;;;/m0.../s1. The molecule has 228 valence electrons. The van der Waals surface area contributed by atoms with E-state index in [4.69, 9.17) is 9.98 Å². The van der Waals surface area contributed by atoms with E-state index >= 15 is 0 Å². The van der Waals surface area contributed by atoms with Crippen LogP contribution in [-0.4, -0.2) is 24.5 Å². The predicted molar refractivity (Wildman–Crippen MR) is 175 cm³/mol. The van der Waals surface area contributed by atoms with Gasteiger partial charge in [-0.1, -0.05) is 139 Å². The van der Waals surface area contributed by atoms with Gasteiger partial charge in [0.25, 0.3) is 0 Å². The van der Waals surface area contributed by atoms with Gasteiger partial charge in [0, 0.05) is 12.4 Å². The van der Waals surface area contributed by atoms with Gasteiger partial charge in [0.2, 0.25) is 0 Å². The number of rotatable bonds is 4. The maximum Gasteiger partial charge on any atom is 1.00 e. The number of aliphatic imine (C=N–C) groups is 2. The monoisotopic (exact) mass is 574 g/mol. The summed E-state index contributed by atoms with van der Waals surface area (Å²) in [5.74, 6) is 0.120. The molecule has 1 saturated carbocycles. The molecule has 0 aromatic heterocycles. The second-order valence-electron chi connectivity index (χ2n) is 15.9. The fourth-order valence-electron chi connectivity index (χ4n) is 5.27. The molecule has 0 N–H and O–H groups in total. The Balaban J connectivity index is 0.00000588. The van der Waals surface area contributed by atoms with Crippen molar-refractivity contribution in [3.8, 4) is 11.5 Å². The summed E-state index contributed by atoms with van der Waals surface area (Å²) >= 11 is 0. The topological polar surface area (TPSA) is 70.8 Å². The molecule has 2 aromatic carbocycles. The summed E-state index contributed by atoms with van der Waals surface area (Å²) < 4.78 is 0. The summed E-state index contributed by atoms with van der Waals surface area (Å²) in [6.45, 7) is 25.6. The van der Waals surface area contributed by atoms with Gasteiger partial charge in [-0.25, -0.2) is 0 Å². The van der Waals surface area contributed by atoms with E-state index in [9.17, 15) is 10.2 Å².